The monoisotopic (exact) mass is 288 g/mol. The first-order valence-electron chi connectivity index (χ1n) is 5.62. The van der Waals surface area contributed by atoms with Crippen molar-refractivity contribution in [3.63, 3.8) is 0 Å². The molecule has 0 saturated carbocycles. The molecule has 0 aliphatic rings. The normalized spacial score (nSPS) is 11.6. The molecule has 8 heteroatoms. The quantitative estimate of drug-likeness (QED) is 0.463. The lowest BCUT2D eigenvalue weighted by Gasteiger charge is -2.12. The zero-order chi connectivity index (χ0) is 14.6. The van der Waals surface area contributed by atoms with Gasteiger partial charge in [-0.25, -0.2) is 4.39 Å². The van der Waals surface area contributed by atoms with Gasteiger partial charge in [-0.2, -0.15) is 13.1 Å². The Hall–Kier alpha value is -1.67. The number of amidine groups is 1. The average Bonchev–Trinajstić information content (AvgIpc) is 2.28. The lowest BCUT2D eigenvalue weighted by Crippen LogP contribution is -2.33. The molecular weight excluding hydrogens is 271 g/mol. The summed E-state index contributed by atoms with van der Waals surface area (Å²) in [6.45, 7) is 4.03. The van der Waals surface area contributed by atoms with Gasteiger partial charge in [-0.1, -0.05) is 13.8 Å². The van der Waals surface area contributed by atoms with E-state index in [4.69, 9.17) is 11.1 Å². The predicted octanol–water partition coefficient (Wildman–Crippen LogP) is 1.01. The largest absolute Gasteiger partial charge is 0.384 e. The molecule has 6 nitrogen and oxygen atoms in total. The third-order valence-electron chi connectivity index (χ3n) is 2.19. The highest BCUT2D eigenvalue weighted by Gasteiger charge is 2.12. The fraction of sp³-hybridized carbons (Fsp3) is 0.364. The van der Waals surface area contributed by atoms with Crippen molar-refractivity contribution in [3.05, 3.63) is 29.6 Å². The highest BCUT2D eigenvalue weighted by molar-refractivity contribution is 7.90. The zero-order valence-electron chi connectivity index (χ0n) is 10.7. The molecule has 106 valence electrons. The van der Waals surface area contributed by atoms with Gasteiger partial charge >= 0.3 is 0 Å². The highest BCUT2D eigenvalue weighted by atomic mass is 32.2. The molecule has 0 amide bonds. The number of nitrogens with two attached hydrogens (primary N) is 1. The van der Waals surface area contributed by atoms with Crippen LogP contribution in [0, 0.1) is 17.1 Å². The van der Waals surface area contributed by atoms with Crippen molar-refractivity contribution in [3.8, 4) is 0 Å². The molecule has 0 heterocycles. The zero-order valence-corrected chi connectivity index (χ0v) is 11.5. The van der Waals surface area contributed by atoms with Crippen LogP contribution in [0.25, 0.3) is 0 Å². The van der Waals surface area contributed by atoms with Gasteiger partial charge in [0.05, 0.1) is 11.3 Å². The van der Waals surface area contributed by atoms with Gasteiger partial charge in [-0.05, 0) is 24.1 Å². The van der Waals surface area contributed by atoms with E-state index in [0.29, 0.717) is 0 Å². The second-order valence-corrected chi connectivity index (χ2v) is 5.96. The van der Waals surface area contributed by atoms with Crippen molar-refractivity contribution in [2.75, 3.05) is 11.3 Å². The van der Waals surface area contributed by atoms with Gasteiger partial charge in [0.15, 0.2) is 0 Å². The van der Waals surface area contributed by atoms with Crippen LogP contribution in [0.15, 0.2) is 18.2 Å². The number of hydrogen-bond acceptors (Lipinski definition) is 3. The number of nitrogens with one attached hydrogen (secondary N) is 3. The van der Waals surface area contributed by atoms with Crippen LogP contribution in [0.4, 0.5) is 10.1 Å². The molecule has 0 unspecified atom stereocenters. The van der Waals surface area contributed by atoms with E-state index in [1.807, 2.05) is 13.8 Å². The van der Waals surface area contributed by atoms with Crippen molar-refractivity contribution in [2.24, 2.45) is 11.7 Å². The lowest BCUT2D eigenvalue weighted by atomic mass is 10.2. The molecule has 1 rings (SSSR count). The molecule has 5 N–H and O–H groups in total. The second kappa shape index (κ2) is 5.98. The van der Waals surface area contributed by atoms with Gasteiger partial charge in [-0.15, -0.1) is 0 Å². The van der Waals surface area contributed by atoms with E-state index in [2.05, 4.69) is 9.44 Å². The van der Waals surface area contributed by atoms with Gasteiger partial charge < -0.3 is 5.73 Å². The van der Waals surface area contributed by atoms with E-state index < -0.39 is 21.9 Å². The maximum Gasteiger partial charge on any atom is 0.299 e. The van der Waals surface area contributed by atoms with E-state index in [1.54, 1.807) is 0 Å². The summed E-state index contributed by atoms with van der Waals surface area (Å²) in [5.41, 5.74) is 5.19. The van der Waals surface area contributed by atoms with E-state index in [-0.39, 0.29) is 23.7 Å². The standard InChI is InChI=1S/C11H17FN4O2S/c1-7(2)6-15-19(17,18)16-8-3-4-10(12)9(5-8)11(13)14/h3-5,7,15-16H,6H2,1-2H3,(H3,13,14). The second-order valence-electron chi connectivity index (χ2n) is 4.46. The number of hydrogen-bond donors (Lipinski definition) is 4. The molecule has 0 atom stereocenters. The topological polar surface area (TPSA) is 108 Å². The van der Waals surface area contributed by atoms with Crippen molar-refractivity contribution < 1.29 is 12.8 Å². The van der Waals surface area contributed by atoms with Crippen molar-refractivity contribution >= 4 is 21.7 Å². The summed E-state index contributed by atoms with van der Waals surface area (Å²) in [7, 11) is -3.72. The molecule has 0 fully saturated rings. The molecule has 0 aliphatic heterocycles. The molecule has 0 aliphatic carbocycles. The number of rotatable bonds is 6. The number of benzene rings is 1. The maximum atomic E-state index is 13.3. The van der Waals surface area contributed by atoms with Gasteiger partial charge in [0.2, 0.25) is 0 Å². The van der Waals surface area contributed by atoms with Crippen LogP contribution in [0.3, 0.4) is 0 Å². The van der Waals surface area contributed by atoms with Crippen LogP contribution in [0.1, 0.15) is 19.4 Å². The fourth-order valence-electron chi connectivity index (χ4n) is 1.26. The Kier molecular flexibility index (Phi) is 4.84. The van der Waals surface area contributed by atoms with E-state index in [1.165, 1.54) is 12.1 Å². The van der Waals surface area contributed by atoms with E-state index in [9.17, 15) is 12.8 Å². The minimum atomic E-state index is -3.72. The van der Waals surface area contributed by atoms with Crippen LogP contribution in [0.5, 0.6) is 0 Å². The lowest BCUT2D eigenvalue weighted by molar-refractivity contribution is 0.565. The van der Waals surface area contributed by atoms with Crippen LogP contribution in [-0.2, 0) is 10.2 Å². The van der Waals surface area contributed by atoms with E-state index in [0.717, 1.165) is 6.07 Å². The van der Waals surface area contributed by atoms with Crippen LogP contribution < -0.4 is 15.2 Å². The fourth-order valence-corrected chi connectivity index (χ4v) is 2.32. The summed E-state index contributed by atoms with van der Waals surface area (Å²) in [4.78, 5) is 0. The first-order valence-corrected chi connectivity index (χ1v) is 7.11. The Morgan fingerprint density at radius 2 is 2.11 bits per heavy atom. The Bertz CT molecular complexity index is 572. The average molecular weight is 288 g/mol. The first kappa shape index (κ1) is 15.4. The smallest absolute Gasteiger partial charge is 0.299 e. The summed E-state index contributed by atoms with van der Waals surface area (Å²) < 4.78 is 41.2. The first-order chi connectivity index (χ1) is 8.71. The van der Waals surface area contributed by atoms with Crippen LogP contribution in [0.2, 0.25) is 0 Å². The Morgan fingerprint density at radius 3 is 2.63 bits per heavy atom. The van der Waals surface area contributed by atoms with Gasteiger partial charge in [0.25, 0.3) is 10.2 Å². The summed E-state index contributed by atoms with van der Waals surface area (Å²) in [6, 6.07) is 3.49. The van der Waals surface area contributed by atoms with Crippen LogP contribution in [-0.4, -0.2) is 20.8 Å². The highest BCUT2D eigenvalue weighted by Crippen LogP contribution is 2.15. The molecule has 19 heavy (non-hydrogen) atoms. The minimum Gasteiger partial charge on any atom is -0.384 e. The number of halogens is 1. The molecule has 1 aromatic carbocycles. The molecule has 0 saturated heterocycles. The van der Waals surface area contributed by atoms with E-state index >= 15 is 0 Å². The van der Waals surface area contributed by atoms with Crippen molar-refractivity contribution in [2.45, 2.75) is 13.8 Å². The Balaban J connectivity index is 2.88. The summed E-state index contributed by atoms with van der Waals surface area (Å²) in [5, 5.41) is 7.19. The number of nitrogen functional groups attached to an aromatic ring is 1. The summed E-state index contributed by atoms with van der Waals surface area (Å²) in [5.74, 6) is -0.975. The molecule has 0 bridgehead atoms. The Labute approximate surface area is 111 Å². The van der Waals surface area contributed by atoms with Gasteiger partial charge in [0, 0.05) is 6.54 Å². The molecule has 1 aromatic rings. The molecule has 0 radical (unpaired) electrons. The van der Waals surface area contributed by atoms with Crippen LogP contribution >= 0.6 is 0 Å². The third-order valence-corrected chi connectivity index (χ3v) is 3.24. The van der Waals surface area contributed by atoms with Crippen molar-refractivity contribution in [1.29, 1.82) is 5.41 Å². The predicted molar refractivity (Wildman–Crippen MR) is 72.8 cm³/mol. The molecule has 0 spiro atoms. The maximum absolute atomic E-state index is 13.3. The number of anilines is 1. The van der Waals surface area contributed by atoms with Gasteiger partial charge in [-0.3, -0.25) is 10.1 Å². The Morgan fingerprint density at radius 1 is 1.47 bits per heavy atom. The van der Waals surface area contributed by atoms with Crippen molar-refractivity contribution in [1.82, 2.24) is 4.72 Å². The minimum absolute atomic E-state index is 0.142. The molecular formula is C11H17FN4O2S. The summed E-state index contributed by atoms with van der Waals surface area (Å²) >= 11 is 0. The van der Waals surface area contributed by atoms with Gasteiger partial charge in [0.1, 0.15) is 11.7 Å². The SMILES string of the molecule is CC(C)CNS(=O)(=O)Nc1ccc(F)c(C(=N)N)c1. The summed E-state index contributed by atoms with van der Waals surface area (Å²) in [6.07, 6.45) is 0. The molecule has 0 aromatic heterocycles. The third kappa shape index (κ3) is 4.84.